The third kappa shape index (κ3) is 2.54. The Kier molecular flexibility index (Phi) is 3.60. The van der Waals surface area contributed by atoms with Crippen molar-refractivity contribution >= 4 is 5.69 Å². The predicted molar refractivity (Wildman–Crippen MR) is 74.4 cm³/mol. The van der Waals surface area contributed by atoms with Crippen LogP contribution in [0.25, 0.3) is 0 Å². The van der Waals surface area contributed by atoms with Gasteiger partial charge in [-0.3, -0.25) is 4.90 Å². The molecule has 0 radical (unpaired) electrons. The van der Waals surface area contributed by atoms with Crippen molar-refractivity contribution in [3.05, 3.63) is 24.0 Å². The number of methoxy groups -OCH3 is 1. The number of piperazine rings is 1. The van der Waals surface area contributed by atoms with E-state index in [0.29, 0.717) is 11.8 Å². The Morgan fingerprint density at radius 3 is 2.89 bits per heavy atom. The van der Waals surface area contributed by atoms with Crippen molar-refractivity contribution in [2.24, 2.45) is 0 Å². The summed E-state index contributed by atoms with van der Waals surface area (Å²) < 4.78 is 18.7. The number of piperidine rings is 1. The SMILES string of the molecule is COc1ccc(N2CCN3CCCCC3C2)cc1F. The molecule has 1 unspecified atom stereocenters. The Morgan fingerprint density at radius 1 is 1.21 bits per heavy atom. The molecule has 1 aromatic rings. The van der Waals surface area contributed by atoms with Gasteiger partial charge in [0.1, 0.15) is 0 Å². The molecule has 1 atom stereocenters. The van der Waals surface area contributed by atoms with Gasteiger partial charge < -0.3 is 9.64 Å². The van der Waals surface area contributed by atoms with Crippen LogP contribution < -0.4 is 9.64 Å². The molecule has 0 N–H and O–H groups in total. The molecule has 2 aliphatic rings. The van der Waals surface area contributed by atoms with Gasteiger partial charge in [-0.15, -0.1) is 0 Å². The predicted octanol–water partition coefficient (Wildman–Crippen LogP) is 2.51. The first-order valence-electron chi connectivity index (χ1n) is 7.10. The van der Waals surface area contributed by atoms with Gasteiger partial charge in [0.2, 0.25) is 0 Å². The molecule has 0 aromatic heterocycles. The summed E-state index contributed by atoms with van der Waals surface area (Å²) in [6, 6.07) is 5.92. The Morgan fingerprint density at radius 2 is 2.11 bits per heavy atom. The smallest absolute Gasteiger partial charge is 0.167 e. The first-order chi connectivity index (χ1) is 9.28. The fourth-order valence-electron chi connectivity index (χ4n) is 3.24. The molecule has 104 valence electrons. The van der Waals surface area contributed by atoms with Gasteiger partial charge in [0, 0.05) is 37.4 Å². The second kappa shape index (κ2) is 5.37. The fraction of sp³-hybridized carbons (Fsp3) is 0.600. The van der Waals surface area contributed by atoms with Crippen molar-refractivity contribution in [1.82, 2.24) is 4.90 Å². The lowest BCUT2D eigenvalue weighted by atomic mass is 9.99. The lowest BCUT2D eigenvalue weighted by molar-refractivity contribution is 0.133. The van der Waals surface area contributed by atoms with Gasteiger partial charge in [-0.1, -0.05) is 6.42 Å². The van der Waals surface area contributed by atoms with E-state index >= 15 is 0 Å². The van der Waals surface area contributed by atoms with Gasteiger partial charge in [0.25, 0.3) is 0 Å². The highest BCUT2D eigenvalue weighted by molar-refractivity contribution is 5.50. The third-order valence-electron chi connectivity index (χ3n) is 4.34. The molecule has 0 spiro atoms. The molecule has 0 bridgehead atoms. The lowest BCUT2D eigenvalue weighted by Crippen LogP contribution is -2.54. The zero-order valence-corrected chi connectivity index (χ0v) is 11.4. The molecule has 2 aliphatic heterocycles. The molecule has 2 fully saturated rings. The number of halogens is 1. The lowest BCUT2D eigenvalue weighted by Gasteiger charge is -2.44. The number of fused-ring (bicyclic) bond motifs is 1. The number of rotatable bonds is 2. The minimum Gasteiger partial charge on any atom is -0.494 e. The molecular weight excluding hydrogens is 243 g/mol. The van der Waals surface area contributed by atoms with E-state index in [9.17, 15) is 4.39 Å². The van der Waals surface area contributed by atoms with Gasteiger partial charge >= 0.3 is 0 Å². The fourth-order valence-corrected chi connectivity index (χ4v) is 3.24. The maximum absolute atomic E-state index is 13.8. The van der Waals surface area contributed by atoms with Crippen molar-refractivity contribution in [3.63, 3.8) is 0 Å². The van der Waals surface area contributed by atoms with E-state index in [1.54, 1.807) is 12.1 Å². The van der Waals surface area contributed by atoms with Crippen molar-refractivity contribution in [2.75, 3.05) is 38.2 Å². The van der Waals surface area contributed by atoms with Gasteiger partial charge in [-0.05, 0) is 31.5 Å². The molecule has 0 saturated carbocycles. The number of hydrogen-bond acceptors (Lipinski definition) is 3. The molecule has 0 amide bonds. The Hall–Kier alpha value is -1.29. The summed E-state index contributed by atoms with van der Waals surface area (Å²) in [5, 5.41) is 0. The molecule has 3 rings (SSSR count). The molecule has 2 heterocycles. The maximum atomic E-state index is 13.8. The molecule has 1 aromatic carbocycles. The molecule has 19 heavy (non-hydrogen) atoms. The van der Waals surface area contributed by atoms with Crippen molar-refractivity contribution < 1.29 is 9.13 Å². The minimum absolute atomic E-state index is 0.272. The van der Waals surface area contributed by atoms with E-state index in [1.165, 1.54) is 32.9 Å². The molecule has 0 aliphatic carbocycles. The highest BCUT2D eigenvalue weighted by Crippen LogP contribution is 2.27. The average Bonchev–Trinajstić information content (AvgIpc) is 2.46. The van der Waals surface area contributed by atoms with Crippen LogP contribution in [0.15, 0.2) is 18.2 Å². The summed E-state index contributed by atoms with van der Waals surface area (Å²) in [7, 11) is 1.50. The summed E-state index contributed by atoms with van der Waals surface area (Å²) in [5.74, 6) is 0.0473. The normalized spacial score (nSPS) is 24.1. The number of ether oxygens (including phenoxy) is 1. The standard InChI is InChI=1S/C15H21FN2O/c1-19-15-6-5-12(10-14(15)16)18-9-8-17-7-3-2-4-13(17)11-18/h5-6,10,13H,2-4,7-9,11H2,1H3. The quantitative estimate of drug-likeness (QED) is 0.816. The van der Waals surface area contributed by atoms with Gasteiger partial charge in [-0.25, -0.2) is 4.39 Å². The van der Waals surface area contributed by atoms with Crippen LogP contribution in [-0.4, -0.2) is 44.2 Å². The van der Waals surface area contributed by atoms with Gasteiger partial charge in [-0.2, -0.15) is 0 Å². The zero-order chi connectivity index (χ0) is 13.2. The monoisotopic (exact) mass is 264 g/mol. The largest absolute Gasteiger partial charge is 0.494 e. The number of hydrogen-bond donors (Lipinski definition) is 0. The average molecular weight is 264 g/mol. The Labute approximate surface area is 114 Å². The molecular formula is C15H21FN2O. The van der Waals surface area contributed by atoms with Crippen molar-refractivity contribution in [1.29, 1.82) is 0 Å². The molecule has 4 heteroatoms. The van der Waals surface area contributed by atoms with Crippen molar-refractivity contribution in [3.8, 4) is 5.75 Å². The molecule has 3 nitrogen and oxygen atoms in total. The Bertz CT molecular complexity index is 452. The van der Waals surface area contributed by atoms with E-state index in [4.69, 9.17) is 4.74 Å². The number of nitrogens with zero attached hydrogens (tertiary/aromatic N) is 2. The van der Waals surface area contributed by atoms with E-state index in [-0.39, 0.29) is 5.82 Å². The summed E-state index contributed by atoms with van der Waals surface area (Å²) in [4.78, 5) is 4.88. The minimum atomic E-state index is -0.272. The van der Waals surface area contributed by atoms with E-state index < -0.39 is 0 Å². The summed E-state index contributed by atoms with van der Waals surface area (Å²) in [6.07, 6.45) is 3.93. The van der Waals surface area contributed by atoms with E-state index in [1.807, 2.05) is 6.07 Å². The first kappa shape index (κ1) is 12.7. The van der Waals surface area contributed by atoms with E-state index in [0.717, 1.165) is 25.3 Å². The van der Waals surface area contributed by atoms with Crippen LogP contribution in [0, 0.1) is 5.82 Å². The second-order valence-electron chi connectivity index (χ2n) is 5.45. The Balaban J connectivity index is 1.74. The highest BCUT2D eigenvalue weighted by atomic mass is 19.1. The van der Waals surface area contributed by atoms with Gasteiger partial charge in [0.15, 0.2) is 11.6 Å². The van der Waals surface area contributed by atoms with Crippen LogP contribution >= 0.6 is 0 Å². The zero-order valence-electron chi connectivity index (χ0n) is 11.4. The second-order valence-corrected chi connectivity index (χ2v) is 5.45. The third-order valence-corrected chi connectivity index (χ3v) is 4.34. The highest BCUT2D eigenvalue weighted by Gasteiger charge is 2.29. The summed E-state index contributed by atoms with van der Waals surface area (Å²) in [6.45, 7) is 4.34. The van der Waals surface area contributed by atoms with Crippen LogP contribution in [0.4, 0.5) is 10.1 Å². The summed E-state index contributed by atoms with van der Waals surface area (Å²) >= 11 is 0. The maximum Gasteiger partial charge on any atom is 0.167 e. The number of anilines is 1. The molecule has 2 saturated heterocycles. The van der Waals surface area contributed by atoms with Crippen molar-refractivity contribution in [2.45, 2.75) is 25.3 Å². The number of benzene rings is 1. The van der Waals surface area contributed by atoms with E-state index in [2.05, 4.69) is 9.80 Å². The topological polar surface area (TPSA) is 15.7 Å². The van der Waals surface area contributed by atoms with Crippen LogP contribution in [0.5, 0.6) is 5.75 Å². The van der Waals surface area contributed by atoms with Crippen LogP contribution in [-0.2, 0) is 0 Å². The first-order valence-corrected chi connectivity index (χ1v) is 7.10. The van der Waals surface area contributed by atoms with Gasteiger partial charge in [0.05, 0.1) is 7.11 Å². The summed E-state index contributed by atoms with van der Waals surface area (Å²) in [5.41, 5.74) is 0.975. The van der Waals surface area contributed by atoms with Crippen LogP contribution in [0.2, 0.25) is 0 Å². The van der Waals surface area contributed by atoms with Crippen LogP contribution in [0.3, 0.4) is 0 Å². The van der Waals surface area contributed by atoms with Crippen LogP contribution in [0.1, 0.15) is 19.3 Å².